The van der Waals surface area contributed by atoms with Crippen LogP contribution in [0.3, 0.4) is 0 Å². The predicted octanol–water partition coefficient (Wildman–Crippen LogP) is 1.45. The monoisotopic (exact) mass is 244 g/mol. The van der Waals surface area contributed by atoms with Crippen LogP contribution in [0.4, 0.5) is 0 Å². The van der Waals surface area contributed by atoms with Crippen molar-refractivity contribution < 1.29 is 8.42 Å². The van der Waals surface area contributed by atoms with Crippen molar-refractivity contribution in [2.24, 2.45) is 0 Å². The Labute approximate surface area is 93.5 Å². The molecule has 0 radical (unpaired) electrons. The molecule has 1 unspecified atom stereocenters. The molecule has 0 spiro atoms. The first-order valence-corrected chi connectivity index (χ1v) is 6.32. The number of nitrogens with zero attached hydrogens (tertiary/aromatic N) is 1. The van der Waals surface area contributed by atoms with Crippen molar-refractivity contribution in [2.45, 2.75) is 6.04 Å². The van der Waals surface area contributed by atoms with E-state index in [2.05, 4.69) is 4.72 Å². The van der Waals surface area contributed by atoms with Gasteiger partial charge in [-0.25, -0.2) is 8.42 Å². The Morgan fingerprint density at radius 3 is 2.33 bits per heavy atom. The Balaban J connectivity index is 2.95. The third-order valence-corrected chi connectivity index (χ3v) is 2.58. The lowest BCUT2D eigenvalue weighted by Crippen LogP contribution is -2.26. The van der Waals surface area contributed by atoms with Gasteiger partial charge in [0.15, 0.2) is 0 Å². The van der Waals surface area contributed by atoms with Gasteiger partial charge < -0.3 is 0 Å². The Kier molecular flexibility index (Phi) is 3.69. The molecule has 0 aliphatic heterocycles. The summed E-state index contributed by atoms with van der Waals surface area (Å²) in [5, 5.41) is 9.34. The quantitative estimate of drug-likeness (QED) is 0.875. The van der Waals surface area contributed by atoms with Crippen molar-refractivity contribution in [3.05, 3.63) is 34.9 Å². The van der Waals surface area contributed by atoms with E-state index in [4.69, 9.17) is 16.9 Å². The lowest BCUT2D eigenvalue weighted by atomic mass is 10.1. The number of hydrogen-bond donors (Lipinski definition) is 1. The van der Waals surface area contributed by atoms with Gasteiger partial charge in [0.25, 0.3) is 0 Å². The molecule has 0 aliphatic carbocycles. The molecule has 1 N–H and O–H groups in total. The molecule has 0 saturated carbocycles. The van der Waals surface area contributed by atoms with Crippen molar-refractivity contribution >= 4 is 21.6 Å². The average molecular weight is 245 g/mol. The molecule has 0 heterocycles. The number of sulfonamides is 1. The van der Waals surface area contributed by atoms with E-state index in [0.717, 1.165) is 6.26 Å². The van der Waals surface area contributed by atoms with E-state index in [9.17, 15) is 8.42 Å². The summed E-state index contributed by atoms with van der Waals surface area (Å²) in [7, 11) is -3.40. The molecule has 0 bridgehead atoms. The van der Waals surface area contributed by atoms with Crippen LogP contribution in [0.25, 0.3) is 0 Å². The van der Waals surface area contributed by atoms with Gasteiger partial charge in [-0.05, 0) is 17.7 Å². The highest BCUT2D eigenvalue weighted by Gasteiger charge is 2.14. The zero-order valence-electron chi connectivity index (χ0n) is 7.94. The van der Waals surface area contributed by atoms with Crippen LogP contribution >= 0.6 is 11.6 Å². The highest BCUT2D eigenvalue weighted by molar-refractivity contribution is 7.88. The van der Waals surface area contributed by atoms with Gasteiger partial charge in [-0.3, -0.25) is 0 Å². The molecular weight excluding hydrogens is 236 g/mol. The van der Waals surface area contributed by atoms with Crippen molar-refractivity contribution in [2.75, 3.05) is 6.26 Å². The zero-order valence-corrected chi connectivity index (χ0v) is 9.51. The summed E-state index contributed by atoms with van der Waals surface area (Å²) >= 11 is 5.67. The maximum atomic E-state index is 11.0. The topological polar surface area (TPSA) is 70.0 Å². The van der Waals surface area contributed by atoms with Crippen LogP contribution in [0.1, 0.15) is 11.6 Å². The van der Waals surface area contributed by atoms with Crippen molar-refractivity contribution in [1.29, 1.82) is 5.26 Å². The maximum absolute atomic E-state index is 11.0. The van der Waals surface area contributed by atoms with Crippen LogP contribution in [-0.2, 0) is 10.0 Å². The lowest BCUT2D eigenvalue weighted by molar-refractivity contribution is 0.582. The largest absolute Gasteiger partial charge is 0.213 e. The van der Waals surface area contributed by atoms with Crippen LogP contribution in [0.5, 0.6) is 0 Å². The molecule has 1 rings (SSSR count). The van der Waals surface area contributed by atoms with Crippen molar-refractivity contribution in [3.8, 4) is 6.07 Å². The number of benzene rings is 1. The molecule has 6 heteroatoms. The molecule has 15 heavy (non-hydrogen) atoms. The van der Waals surface area contributed by atoms with Gasteiger partial charge in [0.1, 0.15) is 6.04 Å². The smallest absolute Gasteiger partial charge is 0.210 e. The molecule has 0 fully saturated rings. The molecule has 1 aromatic carbocycles. The van der Waals surface area contributed by atoms with E-state index in [-0.39, 0.29) is 0 Å². The van der Waals surface area contributed by atoms with E-state index in [0.29, 0.717) is 10.6 Å². The molecule has 1 aromatic rings. The van der Waals surface area contributed by atoms with Crippen LogP contribution in [0.2, 0.25) is 5.02 Å². The number of nitriles is 1. The van der Waals surface area contributed by atoms with Crippen LogP contribution in [0, 0.1) is 11.3 Å². The van der Waals surface area contributed by atoms with Gasteiger partial charge >= 0.3 is 0 Å². The van der Waals surface area contributed by atoms with Gasteiger partial charge in [0.05, 0.1) is 12.3 Å². The molecule has 80 valence electrons. The van der Waals surface area contributed by atoms with Gasteiger partial charge in [0.2, 0.25) is 10.0 Å². The standard InChI is InChI=1S/C9H9ClN2O2S/c1-15(13,14)12-9(6-11)7-2-4-8(10)5-3-7/h2-5,9,12H,1H3. The molecule has 0 aliphatic rings. The van der Waals surface area contributed by atoms with E-state index in [1.807, 2.05) is 6.07 Å². The summed E-state index contributed by atoms with van der Waals surface area (Å²) in [5.74, 6) is 0. The second-order valence-electron chi connectivity index (χ2n) is 3.00. The van der Waals surface area contributed by atoms with E-state index >= 15 is 0 Å². The molecule has 4 nitrogen and oxygen atoms in total. The lowest BCUT2D eigenvalue weighted by Gasteiger charge is -2.09. The summed E-state index contributed by atoms with van der Waals surface area (Å²) < 4.78 is 24.1. The first-order chi connectivity index (χ1) is 6.92. The van der Waals surface area contributed by atoms with Crippen LogP contribution < -0.4 is 4.72 Å². The first-order valence-electron chi connectivity index (χ1n) is 4.05. The number of nitrogens with one attached hydrogen (secondary N) is 1. The van der Waals surface area contributed by atoms with Gasteiger partial charge in [-0.2, -0.15) is 9.98 Å². The number of halogens is 1. The summed E-state index contributed by atoms with van der Waals surface area (Å²) in [6.45, 7) is 0. The minimum atomic E-state index is -3.40. The SMILES string of the molecule is CS(=O)(=O)NC(C#N)c1ccc(Cl)cc1. The minimum Gasteiger partial charge on any atom is -0.213 e. The highest BCUT2D eigenvalue weighted by Crippen LogP contribution is 2.16. The summed E-state index contributed by atoms with van der Waals surface area (Å²) in [5.41, 5.74) is 0.562. The third kappa shape index (κ3) is 3.88. The molecule has 0 aromatic heterocycles. The predicted molar refractivity (Wildman–Crippen MR) is 57.8 cm³/mol. The first kappa shape index (κ1) is 12.0. The third-order valence-electron chi connectivity index (χ3n) is 1.66. The summed E-state index contributed by atoms with van der Waals surface area (Å²) in [4.78, 5) is 0. The minimum absolute atomic E-state index is 0.537. The van der Waals surface area contributed by atoms with Crippen molar-refractivity contribution in [3.63, 3.8) is 0 Å². The van der Waals surface area contributed by atoms with E-state index in [1.165, 1.54) is 0 Å². The normalized spacial score (nSPS) is 13.1. The van der Waals surface area contributed by atoms with Gasteiger partial charge in [0, 0.05) is 5.02 Å². The number of rotatable bonds is 3. The number of hydrogen-bond acceptors (Lipinski definition) is 3. The van der Waals surface area contributed by atoms with Gasteiger partial charge in [-0.15, -0.1) is 0 Å². The van der Waals surface area contributed by atoms with Crippen molar-refractivity contribution in [1.82, 2.24) is 4.72 Å². The maximum Gasteiger partial charge on any atom is 0.210 e. The van der Waals surface area contributed by atoms with Crippen LogP contribution in [0.15, 0.2) is 24.3 Å². The van der Waals surface area contributed by atoms with Crippen LogP contribution in [-0.4, -0.2) is 14.7 Å². The molecule has 1 atom stereocenters. The van der Waals surface area contributed by atoms with E-state index in [1.54, 1.807) is 24.3 Å². The average Bonchev–Trinajstić information content (AvgIpc) is 2.14. The Hall–Kier alpha value is -1.09. The Morgan fingerprint density at radius 1 is 1.40 bits per heavy atom. The molecule has 0 amide bonds. The molecule has 0 saturated heterocycles. The fraction of sp³-hybridized carbons (Fsp3) is 0.222. The summed E-state index contributed by atoms with van der Waals surface area (Å²) in [6, 6.07) is 7.40. The highest BCUT2D eigenvalue weighted by atomic mass is 35.5. The fourth-order valence-corrected chi connectivity index (χ4v) is 1.78. The summed E-state index contributed by atoms with van der Waals surface area (Å²) in [6.07, 6.45) is 1.01. The van der Waals surface area contributed by atoms with Gasteiger partial charge in [-0.1, -0.05) is 23.7 Å². The van der Waals surface area contributed by atoms with E-state index < -0.39 is 16.1 Å². The zero-order chi connectivity index (χ0) is 11.5. The fourth-order valence-electron chi connectivity index (χ4n) is 1.04. The Bertz CT molecular complexity index is 476. The molecular formula is C9H9ClN2O2S. The second-order valence-corrected chi connectivity index (χ2v) is 5.22. The Morgan fingerprint density at radius 2 is 1.93 bits per heavy atom. The second kappa shape index (κ2) is 4.62.